The number of benzene rings is 1. The van der Waals surface area contributed by atoms with E-state index in [2.05, 4.69) is 14.8 Å². The standard InChI is InChI=1S/C13H15NO7S/c1-8-4-5-9(22(17,18)19)6-10(8)14-11(13(16)21-3)7-12(15)20-2/h4-7,14H,1-3H3,(H,17,18,19)/b11-7+. The fourth-order valence-electron chi connectivity index (χ4n) is 1.47. The quantitative estimate of drug-likeness (QED) is 0.464. The van der Waals surface area contributed by atoms with Gasteiger partial charge in [-0.3, -0.25) is 4.55 Å². The molecule has 0 amide bonds. The third-order valence-corrected chi connectivity index (χ3v) is 3.49. The normalized spacial score (nSPS) is 11.7. The Kier molecular flexibility index (Phi) is 5.66. The van der Waals surface area contributed by atoms with E-state index < -0.39 is 22.1 Å². The molecule has 0 saturated carbocycles. The first-order chi connectivity index (χ1) is 10.2. The summed E-state index contributed by atoms with van der Waals surface area (Å²) in [4.78, 5) is 22.5. The Morgan fingerprint density at radius 1 is 1.23 bits per heavy atom. The zero-order chi connectivity index (χ0) is 16.9. The molecule has 0 aliphatic heterocycles. The van der Waals surface area contributed by atoms with Crippen molar-refractivity contribution in [2.24, 2.45) is 0 Å². The summed E-state index contributed by atoms with van der Waals surface area (Å²) in [5, 5.41) is 2.59. The minimum Gasteiger partial charge on any atom is -0.466 e. The summed E-state index contributed by atoms with van der Waals surface area (Å²) in [6.07, 6.45) is 0.866. The molecule has 0 saturated heterocycles. The summed E-state index contributed by atoms with van der Waals surface area (Å²) in [5.41, 5.74) is 0.535. The molecule has 0 bridgehead atoms. The molecule has 0 aromatic heterocycles. The fourth-order valence-corrected chi connectivity index (χ4v) is 1.98. The van der Waals surface area contributed by atoms with E-state index in [1.54, 1.807) is 6.92 Å². The van der Waals surface area contributed by atoms with Gasteiger partial charge in [0.25, 0.3) is 10.1 Å². The second-order valence-corrected chi connectivity index (χ2v) is 5.57. The number of esters is 2. The highest BCUT2D eigenvalue weighted by Crippen LogP contribution is 2.22. The lowest BCUT2D eigenvalue weighted by atomic mass is 10.2. The maximum atomic E-state index is 11.6. The van der Waals surface area contributed by atoms with E-state index in [1.807, 2.05) is 0 Å². The zero-order valence-corrected chi connectivity index (χ0v) is 12.9. The van der Waals surface area contributed by atoms with Crippen molar-refractivity contribution in [3.63, 3.8) is 0 Å². The van der Waals surface area contributed by atoms with Gasteiger partial charge in [-0.15, -0.1) is 0 Å². The Hall–Kier alpha value is -2.39. The third-order valence-electron chi connectivity index (χ3n) is 2.64. The molecule has 0 heterocycles. The number of ether oxygens (including phenoxy) is 2. The molecular weight excluding hydrogens is 314 g/mol. The van der Waals surface area contributed by atoms with Crippen molar-refractivity contribution in [3.05, 3.63) is 35.5 Å². The zero-order valence-electron chi connectivity index (χ0n) is 12.1. The van der Waals surface area contributed by atoms with Crippen molar-refractivity contribution in [3.8, 4) is 0 Å². The summed E-state index contributed by atoms with van der Waals surface area (Å²) in [7, 11) is -2.14. The van der Waals surface area contributed by atoms with Crippen LogP contribution in [0.4, 0.5) is 5.69 Å². The minimum absolute atomic E-state index is 0.204. The lowest BCUT2D eigenvalue weighted by molar-refractivity contribution is -0.138. The van der Waals surface area contributed by atoms with E-state index in [0.717, 1.165) is 26.4 Å². The SMILES string of the molecule is COC(=O)/C=C(/Nc1cc(S(=O)(=O)O)ccc1C)C(=O)OC. The Balaban J connectivity index is 3.27. The number of carbonyl (C=O) groups is 2. The first-order valence-electron chi connectivity index (χ1n) is 5.92. The molecule has 0 radical (unpaired) electrons. The van der Waals surface area contributed by atoms with E-state index >= 15 is 0 Å². The summed E-state index contributed by atoms with van der Waals surface area (Å²) < 4.78 is 40.3. The lowest BCUT2D eigenvalue weighted by Gasteiger charge is -2.12. The van der Waals surface area contributed by atoms with Gasteiger partial charge < -0.3 is 14.8 Å². The average molecular weight is 329 g/mol. The molecule has 120 valence electrons. The number of rotatable bonds is 5. The van der Waals surface area contributed by atoms with Gasteiger partial charge in [0.1, 0.15) is 5.70 Å². The van der Waals surface area contributed by atoms with Gasteiger partial charge in [0.05, 0.1) is 25.2 Å². The molecule has 0 spiro atoms. The molecule has 1 rings (SSSR count). The smallest absolute Gasteiger partial charge is 0.354 e. The highest BCUT2D eigenvalue weighted by atomic mass is 32.2. The maximum Gasteiger partial charge on any atom is 0.354 e. The van der Waals surface area contributed by atoms with Crippen molar-refractivity contribution in [1.82, 2.24) is 0 Å². The molecule has 2 N–H and O–H groups in total. The number of carbonyl (C=O) groups excluding carboxylic acids is 2. The Morgan fingerprint density at radius 2 is 1.86 bits per heavy atom. The molecule has 0 unspecified atom stereocenters. The van der Waals surface area contributed by atoms with Gasteiger partial charge in [-0.2, -0.15) is 8.42 Å². The van der Waals surface area contributed by atoms with Gasteiger partial charge in [-0.05, 0) is 24.6 Å². The predicted octanol–water partition coefficient (Wildman–Crippen LogP) is 0.884. The highest BCUT2D eigenvalue weighted by molar-refractivity contribution is 7.85. The number of anilines is 1. The van der Waals surface area contributed by atoms with Crippen LogP contribution in [-0.4, -0.2) is 39.1 Å². The largest absolute Gasteiger partial charge is 0.466 e. The fraction of sp³-hybridized carbons (Fsp3) is 0.231. The molecule has 0 aliphatic carbocycles. The van der Waals surface area contributed by atoms with Gasteiger partial charge in [0.2, 0.25) is 0 Å². The van der Waals surface area contributed by atoms with Crippen molar-refractivity contribution in [2.75, 3.05) is 19.5 Å². The number of hydrogen-bond donors (Lipinski definition) is 2. The van der Waals surface area contributed by atoms with Crippen molar-refractivity contribution in [1.29, 1.82) is 0 Å². The first kappa shape index (κ1) is 17.7. The van der Waals surface area contributed by atoms with Crippen molar-refractivity contribution < 1.29 is 32.0 Å². The monoisotopic (exact) mass is 329 g/mol. The molecule has 22 heavy (non-hydrogen) atoms. The maximum absolute atomic E-state index is 11.6. The highest BCUT2D eigenvalue weighted by Gasteiger charge is 2.16. The molecule has 9 heteroatoms. The summed E-state index contributed by atoms with van der Waals surface area (Å²) in [6, 6.07) is 3.76. The summed E-state index contributed by atoms with van der Waals surface area (Å²) in [6.45, 7) is 1.64. The van der Waals surface area contributed by atoms with Gasteiger partial charge in [-0.1, -0.05) is 6.07 Å². The molecule has 0 atom stereocenters. The Morgan fingerprint density at radius 3 is 2.36 bits per heavy atom. The first-order valence-corrected chi connectivity index (χ1v) is 7.36. The number of nitrogens with one attached hydrogen (secondary N) is 1. The van der Waals surface area contributed by atoms with Crippen LogP contribution in [0.5, 0.6) is 0 Å². The topological polar surface area (TPSA) is 119 Å². The minimum atomic E-state index is -4.40. The van der Waals surface area contributed by atoms with Gasteiger partial charge >= 0.3 is 11.9 Å². The van der Waals surface area contributed by atoms with E-state index in [1.165, 1.54) is 12.1 Å². The molecule has 8 nitrogen and oxygen atoms in total. The molecule has 0 fully saturated rings. The van der Waals surface area contributed by atoms with Crippen molar-refractivity contribution in [2.45, 2.75) is 11.8 Å². The van der Waals surface area contributed by atoms with E-state index in [0.29, 0.717) is 5.56 Å². The number of methoxy groups -OCH3 is 2. The number of hydrogen-bond acceptors (Lipinski definition) is 7. The van der Waals surface area contributed by atoms with Gasteiger partial charge in [0, 0.05) is 5.69 Å². The Labute approximate surface area is 127 Å². The van der Waals surface area contributed by atoms with Crippen LogP contribution in [0.15, 0.2) is 34.9 Å². The Bertz CT molecular complexity index is 722. The molecule has 0 aliphatic rings. The third kappa shape index (κ3) is 4.57. The predicted molar refractivity (Wildman–Crippen MR) is 76.7 cm³/mol. The average Bonchev–Trinajstić information content (AvgIpc) is 2.46. The van der Waals surface area contributed by atoms with Crippen LogP contribution in [0.2, 0.25) is 0 Å². The molecular formula is C13H15NO7S. The van der Waals surface area contributed by atoms with Crippen LogP contribution in [0, 0.1) is 6.92 Å². The molecule has 1 aromatic rings. The van der Waals surface area contributed by atoms with E-state index in [-0.39, 0.29) is 16.3 Å². The van der Waals surface area contributed by atoms with Crippen molar-refractivity contribution >= 4 is 27.7 Å². The second-order valence-electron chi connectivity index (χ2n) is 4.15. The van der Waals surface area contributed by atoms with Crippen LogP contribution < -0.4 is 5.32 Å². The summed E-state index contributed by atoms with van der Waals surface area (Å²) in [5.74, 6) is -1.64. The van der Waals surface area contributed by atoms with Gasteiger partial charge in [0.15, 0.2) is 0 Å². The van der Waals surface area contributed by atoms with Crippen LogP contribution in [0.1, 0.15) is 5.56 Å². The lowest BCUT2D eigenvalue weighted by Crippen LogP contribution is -2.16. The van der Waals surface area contributed by atoms with Gasteiger partial charge in [-0.25, -0.2) is 9.59 Å². The van der Waals surface area contributed by atoms with Crippen LogP contribution in [-0.2, 0) is 29.2 Å². The second kappa shape index (κ2) is 7.05. The van der Waals surface area contributed by atoms with Crippen LogP contribution >= 0.6 is 0 Å². The van der Waals surface area contributed by atoms with E-state index in [9.17, 15) is 18.0 Å². The van der Waals surface area contributed by atoms with Crippen LogP contribution in [0.25, 0.3) is 0 Å². The molecule has 1 aromatic carbocycles. The van der Waals surface area contributed by atoms with Crippen LogP contribution in [0.3, 0.4) is 0 Å². The van der Waals surface area contributed by atoms with E-state index in [4.69, 9.17) is 4.55 Å². The number of aryl methyl sites for hydroxylation is 1. The summed E-state index contributed by atoms with van der Waals surface area (Å²) >= 11 is 0.